The van der Waals surface area contributed by atoms with Crippen molar-refractivity contribution in [3.05, 3.63) is 0 Å². The quantitative estimate of drug-likeness (QED) is 0.0926. The summed E-state index contributed by atoms with van der Waals surface area (Å²) in [6, 6.07) is 6.80. The van der Waals surface area contributed by atoms with E-state index in [0.717, 1.165) is 74.0 Å². The van der Waals surface area contributed by atoms with E-state index in [1.807, 2.05) is 0 Å². The van der Waals surface area contributed by atoms with Gasteiger partial charge in [-0.2, -0.15) is 0 Å². The monoisotopic (exact) mass is 696 g/mol. The van der Waals surface area contributed by atoms with Crippen LogP contribution in [-0.4, -0.2) is 85.1 Å². The van der Waals surface area contributed by atoms with Gasteiger partial charge in [0.25, 0.3) is 0 Å². The zero-order valence-corrected chi connectivity index (χ0v) is 34.9. The first kappa shape index (κ1) is 42.6. The SMILES string of the molecule is CCC[Si]1(CCOC(C)C)O[Si](CCC)(CCOC(C)C)O[Si](CCC)(CCOC(C)C)O[Si](CCC)(CCOC(C)C)O1. The fourth-order valence-electron chi connectivity index (χ4n) is 6.08. The highest BCUT2D eigenvalue weighted by atomic mass is 28.5. The zero-order chi connectivity index (χ0) is 33.3. The molecule has 0 aliphatic carbocycles. The van der Waals surface area contributed by atoms with Crippen LogP contribution in [-0.2, 0) is 35.4 Å². The maximum absolute atomic E-state index is 7.75. The van der Waals surface area contributed by atoms with E-state index < -0.39 is 34.2 Å². The molecule has 0 N–H and O–H groups in total. The van der Waals surface area contributed by atoms with Gasteiger partial charge in [0.15, 0.2) is 0 Å². The summed E-state index contributed by atoms with van der Waals surface area (Å²) in [5.74, 6) is 0. The molecule has 1 saturated heterocycles. The van der Waals surface area contributed by atoms with E-state index in [1.54, 1.807) is 0 Å². The molecule has 8 nitrogen and oxygen atoms in total. The molecule has 0 aromatic rings. The Morgan fingerprint density at radius 3 is 0.659 bits per heavy atom. The van der Waals surface area contributed by atoms with Crippen LogP contribution >= 0.6 is 0 Å². The third-order valence-electron chi connectivity index (χ3n) is 7.75. The highest BCUT2D eigenvalue weighted by Gasteiger charge is 2.61. The van der Waals surface area contributed by atoms with Crippen LogP contribution in [0, 0.1) is 0 Å². The second kappa shape index (κ2) is 21.5. The number of hydrogen-bond donors (Lipinski definition) is 0. The fraction of sp³-hybridized carbons (Fsp3) is 1.00. The number of hydrogen-bond acceptors (Lipinski definition) is 8. The van der Waals surface area contributed by atoms with Gasteiger partial charge in [-0.3, -0.25) is 0 Å². The summed E-state index contributed by atoms with van der Waals surface area (Å²) in [6.07, 6.45) is 4.59. The summed E-state index contributed by atoms with van der Waals surface area (Å²) in [6.45, 7) is 28.3. The van der Waals surface area contributed by atoms with Gasteiger partial charge >= 0.3 is 34.2 Å². The lowest BCUT2D eigenvalue weighted by molar-refractivity contribution is 0.0745. The largest absolute Gasteiger partial charge is 0.415 e. The summed E-state index contributed by atoms with van der Waals surface area (Å²) in [5, 5.41) is 0. The van der Waals surface area contributed by atoms with Gasteiger partial charge in [-0.1, -0.05) is 53.4 Å². The molecule has 1 rings (SSSR count). The molecular formula is C32H72O8Si4. The molecule has 1 aliphatic rings. The Kier molecular flexibility index (Phi) is 20.8. The third-order valence-corrected chi connectivity index (χ3v) is 28.6. The van der Waals surface area contributed by atoms with Crippen molar-refractivity contribution in [1.82, 2.24) is 0 Å². The van der Waals surface area contributed by atoms with Gasteiger partial charge in [0.1, 0.15) is 0 Å². The fourth-order valence-corrected chi connectivity index (χ4v) is 31.4. The Labute approximate surface area is 276 Å². The third kappa shape index (κ3) is 15.6. The first-order valence-electron chi connectivity index (χ1n) is 18.0. The van der Waals surface area contributed by atoms with E-state index in [-0.39, 0.29) is 24.4 Å². The molecule has 0 aromatic heterocycles. The minimum atomic E-state index is -2.84. The van der Waals surface area contributed by atoms with Gasteiger partial charge in [-0.15, -0.1) is 0 Å². The van der Waals surface area contributed by atoms with Crippen molar-refractivity contribution in [2.24, 2.45) is 0 Å². The molecule has 264 valence electrons. The lowest BCUT2D eigenvalue weighted by Crippen LogP contribution is -2.70. The first-order chi connectivity index (χ1) is 20.7. The Morgan fingerprint density at radius 2 is 0.523 bits per heavy atom. The van der Waals surface area contributed by atoms with Gasteiger partial charge in [-0.05, 0) is 79.6 Å². The van der Waals surface area contributed by atoms with Crippen molar-refractivity contribution in [2.75, 3.05) is 26.4 Å². The summed E-state index contributed by atoms with van der Waals surface area (Å²) >= 11 is 0. The van der Waals surface area contributed by atoms with Crippen LogP contribution in [0.1, 0.15) is 109 Å². The molecule has 1 heterocycles. The molecule has 0 unspecified atom stereocenters. The smallest absolute Gasteiger partial charge is 0.322 e. The second-order valence-electron chi connectivity index (χ2n) is 13.7. The van der Waals surface area contributed by atoms with Crippen LogP contribution < -0.4 is 0 Å². The summed E-state index contributed by atoms with van der Waals surface area (Å²) in [7, 11) is -11.4. The lowest BCUT2D eigenvalue weighted by Gasteiger charge is -2.54. The molecule has 0 saturated carbocycles. The maximum atomic E-state index is 7.75. The average Bonchev–Trinajstić information content (AvgIpc) is 2.87. The van der Waals surface area contributed by atoms with E-state index in [0.29, 0.717) is 26.4 Å². The van der Waals surface area contributed by atoms with Crippen molar-refractivity contribution in [3.8, 4) is 0 Å². The Hall–Kier alpha value is 0.548. The van der Waals surface area contributed by atoms with E-state index in [1.165, 1.54) is 0 Å². The average molecular weight is 697 g/mol. The van der Waals surface area contributed by atoms with Crippen molar-refractivity contribution in [2.45, 2.75) is 182 Å². The molecular weight excluding hydrogens is 625 g/mol. The molecule has 12 heteroatoms. The van der Waals surface area contributed by atoms with Gasteiger partial charge in [0.05, 0.1) is 24.4 Å². The molecule has 0 bridgehead atoms. The first-order valence-corrected chi connectivity index (χ1v) is 26.9. The normalized spacial score (nSPS) is 28.4. The topological polar surface area (TPSA) is 73.8 Å². The molecule has 0 atom stereocenters. The molecule has 1 aliphatic heterocycles. The highest BCUT2D eigenvalue weighted by molar-refractivity contribution is 6.95. The summed E-state index contributed by atoms with van der Waals surface area (Å²) < 4.78 is 55.8. The molecule has 1 fully saturated rings. The van der Waals surface area contributed by atoms with Crippen LogP contribution in [0.25, 0.3) is 0 Å². The Morgan fingerprint density at radius 1 is 0.341 bits per heavy atom. The molecule has 0 spiro atoms. The number of ether oxygens (including phenoxy) is 4. The van der Waals surface area contributed by atoms with Gasteiger partial charge in [0, 0.05) is 50.6 Å². The van der Waals surface area contributed by atoms with Crippen LogP contribution in [0.4, 0.5) is 0 Å². The van der Waals surface area contributed by atoms with E-state index in [2.05, 4.69) is 83.1 Å². The molecule has 44 heavy (non-hydrogen) atoms. The van der Waals surface area contributed by atoms with E-state index in [4.69, 9.17) is 35.4 Å². The van der Waals surface area contributed by atoms with Crippen molar-refractivity contribution in [3.63, 3.8) is 0 Å². The minimum absolute atomic E-state index is 0.156. The second-order valence-corrected chi connectivity index (χ2v) is 28.3. The molecule has 0 aromatic carbocycles. The van der Waals surface area contributed by atoms with Crippen LogP contribution in [0.5, 0.6) is 0 Å². The Bertz CT molecular complexity index is 613. The minimum Gasteiger partial charge on any atom is -0.415 e. The van der Waals surface area contributed by atoms with Gasteiger partial charge in [0.2, 0.25) is 0 Å². The Balaban J connectivity index is 3.88. The maximum Gasteiger partial charge on any atom is 0.322 e. The predicted molar refractivity (Wildman–Crippen MR) is 191 cm³/mol. The van der Waals surface area contributed by atoms with Crippen LogP contribution in [0.2, 0.25) is 48.4 Å². The predicted octanol–water partition coefficient (Wildman–Crippen LogP) is 9.18. The molecule has 0 radical (unpaired) electrons. The molecule has 0 amide bonds. The highest BCUT2D eigenvalue weighted by Crippen LogP contribution is 2.44. The zero-order valence-electron chi connectivity index (χ0n) is 30.9. The van der Waals surface area contributed by atoms with Crippen LogP contribution in [0.15, 0.2) is 0 Å². The van der Waals surface area contributed by atoms with Gasteiger partial charge in [-0.25, -0.2) is 0 Å². The summed E-state index contributed by atoms with van der Waals surface area (Å²) in [5.41, 5.74) is 0. The van der Waals surface area contributed by atoms with E-state index in [9.17, 15) is 0 Å². The van der Waals surface area contributed by atoms with E-state index >= 15 is 0 Å². The summed E-state index contributed by atoms with van der Waals surface area (Å²) in [4.78, 5) is 0. The van der Waals surface area contributed by atoms with Gasteiger partial charge < -0.3 is 35.4 Å². The van der Waals surface area contributed by atoms with Crippen LogP contribution in [0.3, 0.4) is 0 Å². The van der Waals surface area contributed by atoms with Crippen molar-refractivity contribution >= 4 is 34.2 Å². The van der Waals surface area contributed by atoms with Crippen molar-refractivity contribution < 1.29 is 35.4 Å². The lowest BCUT2D eigenvalue weighted by atomic mass is 10.5. The van der Waals surface area contributed by atoms with Crippen molar-refractivity contribution in [1.29, 1.82) is 0 Å². The standard InChI is InChI=1S/C32H72O8Si4/c1-13-21-41(25-17-33-29(5)6)37-42(22-14-2,26-18-34-30(7)8)39-44(24-16-4,28-20-36-32(11)12)40-43(38-41,23-15-3)27-19-35-31(9)10/h29-32H,13-28H2,1-12H3. The number of rotatable bonds is 24.